The topological polar surface area (TPSA) is 52.6 Å². The number of carbonyl (C=O) groups is 2. The van der Waals surface area contributed by atoms with Crippen molar-refractivity contribution in [3.63, 3.8) is 0 Å². The highest BCUT2D eigenvalue weighted by atomic mass is 16.5. The van der Waals surface area contributed by atoms with Crippen molar-refractivity contribution in [2.75, 3.05) is 6.61 Å². The first-order chi connectivity index (χ1) is 11.1. The van der Waals surface area contributed by atoms with Gasteiger partial charge >= 0.3 is 11.9 Å². The van der Waals surface area contributed by atoms with Gasteiger partial charge in [0.15, 0.2) is 0 Å². The molecule has 0 aliphatic rings. The zero-order valence-electron chi connectivity index (χ0n) is 13.4. The van der Waals surface area contributed by atoms with Gasteiger partial charge in [-0.05, 0) is 49.7 Å². The Morgan fingerprint density at radius 3 is 2.04 bits per heavy atom. The molecule has 0 atom stereocenters. The number of hydrogen-bond acceptors (Lipinski definition) is 4. The van der Waals surface area contributed by atoms with Crippen LogP contribution in [0.25, 0.3) is 0 Å². The molecule has 0 aliphatic heterocycles. The Hall–Kier alpha value is -2.62. The van der Waals surface area contributed by atoms with Gasteiger partial charge in [0, 0.05) is 0 Å². The van der Waals surface area contributed by atoms with Crippen molar-refractivity contribution in [3.05, 3.63) is 65.2 Å². The van der Waals surface area contributed by atoms with Gasteiger partial charge in [0.05, 0.1) is 17.7 Å². The summed E-state index contributed by atoms with van der Waals surface area (Å²) >= 11 is 0. The lowest BCUT2D eigenvalue weighted by molar-refractivity contribution is 0.0499. The van der Waals surface area contributed by atoms with E-state index in [2.05, 4.69) is 0 Å². The molecule has 2 aromatic carbocycles. The summed E-state index contributed by atoms with van der Waals surface area (Å²) in [4.78, 5) is 23.8. The molecular weight excluding hydrogens is 292 g/mol. The molecule has 0 aromatic heterocycles. The van der Waals surface area contributed by atoms with Gasteiger partial charge in [-0.3, -0.25) is 0 Å². The highest BCUT2D eigenvalue weighted by molar-refractivity contribution is 5.92. The maximum atomic E-state index is 12.0. The van der Waals surface area contributed by atoms with Crippen LogP contribution in [0.15, 0.2) is 48.5 Å². The van der Waals surface area contributed by atoms with E-state index in [4.69, 9.17) is 9.47 Å². The van der Waals surface area contributed by atoms with Crippen molar-refractivity contribution >= 4 is 11.9 Å². The molecule has 4 nitrogen and oxygen atoms in total. The quantitative estimate of drug-likeness (QED) is 0.456. The molecule has 2 aromatic rings. The first-order valence-electron chi connectivity index (χ1n) is 7.66. The minimum absolute atomic E-state index is 0.366. The fourth-order valence-corrected chi connectivity index (χ4v) is 1.91. The summed E-state index contributed by atoms with van der Waals surface area (Å²) in [5, 5.41) is 0. The van der Waals surface area contributed by atoms with Crippen molar-refractivity contribution in [3.8, 4) is 5.75 Å². The van der Waals surface area contributed by atoms with Crippen LogP contribution >= 0.6 is 0 Å². The van der Waals surface area contributed by atoms with Crippen LogP contribution < -0.4 is 4.74 Å². The Bertz CT molecular complexity index is 657. The van der Waals surface area contributed by atoms with Crippen molar-refractivity contribution in [1.82, 2.24) is 0 Å². The number of rotatable bonds is 6. The van der Waals surface area contributed by atoms with E-state index in [1.165, 1.54) is 0 Å². The third kappa shape index (κ3) is 4.95. The predicted molar refractivity (Wildman–Crippen MR) is 87.8 cm³/mol. The highest BCUT2D eigenvalue weighted by Crippen LogP contribution is 2.15. The van der Waals surface area contributed by atoms with Gasteiger partial charge in [0.2, 0.25) is 0 Å². The van der Waals surface area contributed by atoms with Crippen LogP contribution in [0.3, 0.4) is 0 Å². The van der Waals surface area contributed by atoms with E-state index >= 15 is 0 Å². The first-order valence-corrected chi connectivity index (χ1v) is 7.66. The molecule has 0 amide bonds. The smallest absolute Gasteiger partial charge is 0.343 e. The maximum Gasteiger partial charge on any atom is 0.343 e. The van der Waals surface area contributed by atoms with Gasteiger partial charge < -0.3 is 9.47 Å². The number of hydrogen-bond donors (Lipinski definition) is 0. The van der Waals surface area contributed by atoms with Gasteiger partial charge in [-0.15, -0.1) is 0 Å². The van der Waals surface area contributed by atoms with Crippen LogP contribution in [0.5, 0.6) is 5.75 Å². The molecule has 2 rings (SSSR count). The van der Waals surface area contributed by atoms with E-state index in [0.29, 0.717) is 23.5 Å². The molecule has 120 valence electrons. The SMILES string of the molecule is CCCCOC(=O)c1ccc(OC(=O)c2ccc(C)cc2)cc1. The number of benzene rings is 2. The van der Waals surface area contributed by atoms with Gasteiger partial charge in [-0.25, -0.2) is 9.59 Å². The van der Waals surface area contributed by atoms with E-state index in [1.807, 2.05) is 26.0 Å². The molecule has 0 aliphatic carbocycles. The fourth-order valence-electron chi connectivity index (χ4n) is 1.91. The minimum atomic E-state index is -0.428. The standard InChI is InChI=1S/C19H20O4/c1-3-4-13-22-18(20)15-9-11-17(12-10-15)23-19(21)16-7-5-14(2)6-8-16/h5-12H,3-4,13H2,1-2H3. The van der Waals surface area contributed by atoms with Gasteiger partial charge in [-0.1, -0.05) is 31.0 Å². The molecular formula is C19H20O4. The van der Waals surface area contributed by atoms with Crippen LogP contribution in [-0.4, -0.2) is 18.5 Å². The molecule has 23 heavy (non-hydrogen) atoms. The monoisotopic (exact) mass is 312 g/mol. The zero-order chi connectivity index (χ0) is 16.7. The predicted octanol–water partition coefficient (Wildman–Crippen LogP) is 4.17. The molecule has 0 N–H and O–H groups in total. The van der Waals surface area contributed by atoms with Crippen molar-refractivity contribution in [1.29, 1.82) is 0 Å². The average Bonchev–Trinajstić information content (AvgIpc) is 2.56. The summed E-state index contributed by atoms with van der Waals surface area (Å²) in [6.07, 6.45) is 1.82. The molecule has 0 bridgehead atoms. The highest BCUT2D eigenvalue weighted by Gasteiger charge is 2.10. The Morgan fingerprint density at radius 2 is 1.43 bits per heavy atom. The number of carbonyl (C=O) groups excluding carboxylic acids is 2. The molecule has 0 radical (unpaired) electrons. The third-order valence-corrected chi connectivity index (χ3v) is 3.32. The molecule has 0 unspecified atom stereocenters. The Kier molecular flexibility index (Phi) is 5.92. The summed E-state index contributed by atoms with van der Waals surface area (Å²) in [7, 11) is 0. The van der Waals surface area contributed by atoms with Crippen LogP contribution in [0, 0.1) is 6.92 Å². The van der Waals surface area contributed by atoms with Crippen LogP contribution in [0.2, 0.25) is 0 Å². The van der Waals surface area contributed by atoms with Crippen LogP contribution in [0.1, 0.15) is 46.0 Å². The Labute approximate surface area is 136 Å². The summed E-state index contributed by atoms with van der Waals surface area (Å²) < 4.78 is 10.4. The van der Waals surface area contributed by atoms with E-state index in [0.717, 1.165) is 18.4 Å². The van der Waals surface area contributed by atoms with E-state index < -0.39 is 5.97 Å². The fraction of sp³-hybridized carbons (Fsp3) is 0.263. The minimum Gasteiger partial charge on any atom is -0.462 e. The second-order valence-corrected chi connectivity index (χ2v) is 5.27. The van der Waals surface area contributed by atoms with Gasteiger partial charge in [-0.2, -0.15) is 0 Å². The number of ether oxygens (including phenoxy) is 2. The summed E-state index contributed by atoms with van der Waals surface area (Å²) in [5.41, 5.74) is 2.00. The van der Waals surface area contributed by atoms with E-state index in [-0.39, 0.29) is 5.97 Å². The Balaban J connectivity index is 1.95. The third-order valence-electron chi connectivity index (χ3n) is 3.32. The molecule has 4 heteroatoms. The van der Waals surface area contributed by atoms with Crippen molar-refractivity contribution < 1.29 is 19.1 Å². The van der Waals surface area contributed by atoms with Crippen LogP contribution in [-0.2, 0) is 4.74 Å². The van der Waals surface area contributed by atoms with Gasteiger partial charge in [0.1, 0.15) is 5.75 Å². The summed E-state index contributed by atoms with van der Waals surface area (Å²) in [6, 6.07) is 13.5. The lowest BCUT2D eigenvalue weighted by Gasteiger charge is -2.06. The number of unbranched alkanes of at least 4 members (excludes halogenated alkanes) is 1. The maximum absolute atomic E-state index is 12.0. The molecule has 0 fully saturated rings. The second-order valence-electron chi connectivity index (χ2n) is 5.27. The largest absolute Gasteiger partial charge is 0.462 e. The van der Waals surface area contributed by atoms with Crippen LogP contribution in [0.4, 0.5) is 0 Å². The number of aryl methyl sites for hydroxylation is 1. The lowest BCUT2D eigenvalue weighted by Crippen LogP contribution is -2.09. The summed E-state index contributed by atoms with van der Waals surface area (Å²) in [6.45, 7) is 4.40. The molecule has 0 saturated heterocycles. The lowest BCUT2D eigenvalue weighted by atomic mass is 10.1. The molecule has 0 saturated carbocycles. The normalized spacial score (nSPS) is 10.2. The number of esters is 2. The second kappa shape index (κ2) is 8.13. The summed E-state index contributed by atoms with van der Waals surface area (Å²) in [5.74, 6) is -0.404. The Morgan fingerprint density at radius 1 is 0.870 bits per heavy atom. The van der Waals surface area contributed by atoms with Crippen molar-refractivity contribution in [2.45, 2.75) is 26.7 Å². The average molecular weight is 312 g/mol. The van der Waals surface area contributed by atoms with E-state index in [1.54, 1.807) is 36.4 Å². The zero-order valence-corrected chi connectivity index (χ0v) is 13.4. The van der Waals surface area contributed by atoms with Gasteiger partial charge in [0.25, 0.3) is 0 Å². The van der Waals surface area contributed by atoms with Crippen molar-refractivity contribution in [2.24, 2.45) is 0 Å². The first kappa shape index (κ1) is 16.7. The van der Waals surface area contributed by atoms with E-state index in [9.17, 15) is 9.59 Å². The molecule has 0 heterocycles. The molecule has 0 spiro atoms.